The SMILES string of the molecule is CCN(Cc1ccccc1)C[C@@H](O)COc1ccc(Cl)cc1Cl. The monoisotopic (exact) mass is 353 g/mol. The van der Waals surface area contributed by atoms with Crippen molar-refractivity contribution >= 4 is 23.2 Å². The molecule has 0 aliphatic heterocycles. The number of aliphatic hydroxyl groups is 1. The highest BCUT2D eigenvalue weighted by Crippen LogP contribution is 2.27. The van der Waals surface area contributed by atoms with E-state index in [1.165, 1.54) is 5.56 Å². The van der Waals surface area contributed by atoms with Crippen LogP contribution >= 0.6 is 23.2 Å². The molecule has 0 bridgehead atoms. The molecule has 3 nitrogen and oxygen atoms in total. The Hall–Kier alpha value is -1.26. The van der Waals surface area contributed by atoms with E-state index < -0.39 is 6.10 Å². The highest BCUT2D eigenvalue weighted by Gasteiger charge is 2.12. The van der Waals surface area contributed by atoms with Crippen LogP contribution in [0.4, 0.5) is 0 Å². The van der Waals surface area contributed by atoms with Crippen molar-refractivity contribution in [3.8, 4) is 5.75 Å². The van der Waals surface area contributed by atoms with Crippen LogP contribution in [-0.4, -0.2) is 35.8 Å². The number of hydrogen-bond donors (Lipinski definition) is 1. The predicted octanol–water partition coefficient (Wildman–Crippen LogP) is 4.26. The second-order valence-electron chi connectivity index (χ2n) is 5.35. The third-order valence-corrected chi connectivity index (χ3v) is 4.02. The maximum absolute atomic E-state index is 10.2. The van der Waals surface area contributed by atoms with Crippen molar-refractivity contribution in [2.24, 2.45) is 0 Å². The van der Waals surface area contributed by atoms with Crippen molar-refractivity contribution in [3.63, 3.8) is 0 Å². The Morgan fingerprint density at radius 3 is 2.52 bits per heavy atom. The topological polar surface area (TPSA) is 32.7 Å². The molecule has 0 heterocycles. The molecule has 1 N–H and O–H groups in total. The largest absolute Gasteiger partial charge is 0.489 e. The van der Waals surface area contributed by atoms with Gasteiger partial charge >= 0.3 is 0 Å². The fourth-order valence-corrected chi connectivity index (χ4v) is 2.74. The van der Waals surface area contributed by atoms with Crippen LogP contribution in [0.5, 0.6) is 5.75 Å². The molecule has 2 aromatic rings. The van der Waals surface area contributed by atoms with Crippen LogP contribution in [0.15, 0.2) is 48.5 Å². The van der Waals surface area contributed by atoms with Gasteiger partial charge in [-0.3, -0.25) is 4.90 Å². The van der Waals surface area contributed by atoms with Crippen LogP contribution in [0.1, 0.15) is 12.5 Å². The molecule has 5 heteroatoms. The number of aliphatic hydroxyl groups excluding tert-OH is 1. The molecule has 0 fully saturated rings. The molecule has 23 heavy (non-hydrogen) atoms. The van der Waals surface area contributed by atoms with E-state index in [1.54, 1.807) is 18.2 Å². The van der Waals surface area contributed by atoms with Crippen molar-refractivity contribution in [2.75, 3.05) is 19.7 Å². The summed E-state index contributed by atoms with van der Waals surface area (Å²) in [6.45, 7) is 4.46. The molecule has 0 aliphatic carbocycles. The van der Waals surface area contributed by atoms with Crippen molar-refractivity contribution in [1.82, 2.24) is 4.90 Å². The second kappa shape index (κ2) is 9.14. The molecule has 0 unspecified atom stereocenters. The first kappa shape index (κ1) is 18.1. The predicted molar refractivity (Wildman–Crippen MR) is 95.4 cm³/mol. The Morgan fingerprint density at radius 2 is 1.87 bits per heavy atom. The second-order valence-corrected chi connectivity index (χ2v) is 6.20. The fourth-order valence-electron chi connectivity index (χ4n) is 2.28. The Balaban J connectivity index is 1.83. The number of benzene rings is 2. The van der Waals surface area contributed by atoms with E-state index in [-0.39, 0.29) is 6.61 Å². The van der Waals surface area contributed by atoms with E-state index in [0.29, 0.717) is 22.3 Å². The molecular weight excluding hydrogens is 333 g/mol. The van der Waals surface area contributed by atoms with Crippen molar-refractivity contribution in [3.05, 3.63) is 64.1 Å². The van der Waals surface area contributed by atoms with Gasteiger partial charge in [0.2, 0.25) is 0 Å². The first-order chi connectivity index (χ1) is 11.1. The highest BCUT2D eigenvalue weighted by atomic mass is 35.5. The minimum Gasteiger partial charge on any atom is -0.489 e. The lowest BCUT2D eigenvalue weighted by Gasteiger charge is -2.24. The van der Waals surface area contributed by atoms with E-state index >= 15 is 0 Å². The van der Waals surface area contributed by atoms with Gasteiger partial charge in [-0.25, -0.2) is 0 Å². The average molecular weight is 354 g/mol. The molecule has 124 valence electrons. The number of halogens is 2. The average Bonchev–Trinajstić information content (AvgIpc) is 2.54. The van der Waals surface area contributed by atoms with Crippen LogP contribution in [0, 0.1) is 0 Å². The maximum Gasteiger partial charge on any atom is 0.138 e. The minimum atomic E-state index is -0.592. The summed E-state index contributed by atoms with van der Waals surface area (Å²) in [5, 5.41) is 11.2. The quantitative estimate of drug-likeness (QED) is 0.769. The summed E-state index contributed by atoms with van der Waals surface area (Å²) in [4.78, 5) is 2.17. The van der Waals surface area contributed by atoms with Gasteiger partial charge < -0.3 is 9.84 Å². The molecule has 2 rings (SSSR count). The van der Waals surface area contributed by atoms with Crippen molar-refractivity contribution in [2.45, 2.75) is 19.6 Å². The van der Waals surface area contributed by atoms with E-state index in [2.05, 4.69) is 24.0 Å². The first-order valence-electron chi connectivity index (χ1n) is 7.60. The summed E-state index contributed by atoms with van der Waals surface area (Å²) in [6, 6.07) is 15.2. The lowest BCUT2D eigenvalue weighted by atomic mass is 10.2. The molecule has 0 spiro atoms. The van der Waals surface area contributed by atoms with Gasteiger partial charge in [0.15, 0.2) is 0 Å². The van der Waals surface area contributed by atoms with Gasteiger partial charge in [-0.1, -0.05) is 60.5 Å². The van der Waals surface area contributed by atoms with Crippen LogP contribution < -0.4 is 4.74 Å². The molecule has 0 radical (unpaired) electrons. The number of rotatable bonds is 8. The third kappa shape index (κ3) is 6.04. The molecule has 0 saturated heterocycles. The summed E-state index contributed by atoms with van der Waals surface area (Å²) in [5.74, 6) is 0.529. The van der Waals surface area contributed by atoms with Gasteiger partial charge in [0.25, 0.3) is 0 Å². The highest BCUT2D eigenvalue weighted by molar-refractivity contribution is 6.35. The van der Waals surface area contributed by atoms with E-state index in [4.69, 9.17) is 27.9 Å². The number of hydrogen-bond acceptors (Lipinski definition) is 3. The zero-order valence-corrected chi connectivity index (χ0v) is 14.6. The van der Waals surface area contributed by atoms with E-state index in [1.807, 2.05) is 18.2 Å². The molecule has 2 aromatic carbocycles. The van der Waals surface area contributed by atoms with Crippen LogP contribution in [0.2, 0.25) is 10.0 Å². The lowest BCUT2D eigenvalue weighted by molar-refractivity contribution is 0.0675. The summed E-state index contributed by atoms with van der Waals surface area (Å²) < 4.78 is 5.58. The van der Waals surface area contributed by atoms with E-state index in [9.17, 15) is 5.11 Å². The van der Waals surface area contributed by atoms with Crippen LogP contribution in [0.25, 0.3) is 0 Å². The Bertz CT molecular complexity index is 607. The first-order valence-corrected chi connectivity index (χ1v) is 8.36. The van der Waals surface area contributed by atoms with Crippen molar-refractivity contribution in [1.29, 1.82) is 0 Å². The van der Waals surface area contributed by atoms with Gasteiger partial charge in [-0.05, 0) is 30.3 Å². The minimum absolute atomic E-state index is 0.187. The lowest BCUT2D eigenvalue weighted by Crippen LogP contribution is -2.35. The molecule has 0 amide bonds. The standard InChI is InChI=1S/C18H21Cl2NO2/c1-2-21(11-14-6-4-3-5-7-14)12-16(22)13-23-18-9-8-15(19)10-17(18)20/h3-10,16,22H,2,11-13H2,1H3/t16-/m1/s1. The van der Waals surface area contributed by atoms with Gasteiger partial charge in [-0.2, -0.15) is 0 Å². The van der Waals surface area contributed by atoms with Gasteiger partial charge in [0.1, 0.15) is 18.5 Å². The normalized spacial score (nSPS) is 12.4. The molecule has 0 aliphatic rings. The summed E-state index contributed by atoms with van der Waals surface area (Å²) in [6.07, 6.45) is -0.592. The molecule has 0 saturated carbocycles. The van der Waals surface area contributed by atoms with Gasteiger partial charge in [-0.15, -0.1) is 0 Å². The number of ether oxygens (including phenoxy) is 1. The van der Waals surface area contributed by atoms with Gasteiger partial charge in [0.05, 0.1) is 5.02 Å². The molecular formula is C18H21Cl2NO2. The summed E-state index contributed by atoms with van der Waals surface area (Å²) >= 11 is 11.9. The van der Waals surface area contributed by atoms with Crippen LogP contribution in [-0.2, 0) is 6.54 Å². The number of likely N-dealkylation sites (N-methyl/N-ethyl adjacent to an activating group) is 1. The zero-order valence-electron chi connectivity index (χ0n) is 13.1. The third-order valence-electron chi connectivity index (χ3n) is 3.49. The van der Waals surface area contributed by atoms with Crippen LogP contribution in [0.3, 0.4) is 0 Å². The Morgan fingerprint density at radius 1 is 1.13 bits per heavy atom. The van der Waals surface area contributed by atoms with E-state index in [0.717, 1.165) is 13.1 Å². The van der Waals surface area contributed by atoms with Crippen molar-refractivity contribution < 1.29 is 9.84 Å². The summed E-state index contributed by atoms with van der Waals surface area (Å²) in [5.41, 5.74) is 1.23. The Labute approximate surface area is 147 Å². The zero-order chi connectivity index (χ0) is 16.7. The smallest absolute Gasteiger partial charge is 0.138 e. The fraction of sp³-hybridized carbons (Fsp3) is 0.333. The molecule has 0 aromatic heterocycles. The Kier molecular flexibility index (Phi) is 7.18. The molecule has 1 atom stereocenters. The maximum atomic E-state index is 10.2. The van der Waals surface area contributed by atoms with Gasteiger partial charge in [0, 0.05) is 18.1 Å². The number of nitrogens with zero attached hydrogens (tertiary/aromatic N) is 1. The summed E-state index contributed by atoms with van der Waals surface area (Å²) in [7, 11) is 0.